The number of nitrogens with zero attached hydrogens (tertiary/aromatic N) is 2. The lowest BCUT2D eigenvalue weighted by molar-refractivity contribution is -0.142. The van der Waals surface area contributed by atoms with Crippen LogP contribution in [0.2, 0.25) is 0 Å². The van der Waals surface area contributed by atoms with Crippen molar-refractivity contribution in [3.05, 3.63) is 54.2 Å². The van der Waals surface area contributed by atoms with Crippen LogP contribution >= 0.6 is 0 Å². The number of amides is 1. The van der Waals surface area contributed by atoms with E-state index in [2.05, 4.69) is 10.3 Å². The lowest BCUT2D eigenvalue weighted by Gasteiger charge is -2.21. The van der Waals surface area contributed by atoms with E-state index in [1.807, 2.05) is 19.2 Å². The monoisotopic (exact) mass is 327 g/mol. The molecule has 1 aromatic heterocycles. The highest BCUT2D eigenvalue weighted by Gasteiger charge is 2.20. The summed E-state index contributed by atoms with van der Waals surface area (Å²) in [6, 6.07) is 12.5. The first-order valence-corrected chi connectivity index (χ1v) is 7.82. The van der Waals surface area contributed by atoms with E-state index in [0.29, 0.717) is 18.0 Å². The zero-order valence-corrected chi connectivity index (χ0v) is 13.9. The van der Waals surface area contributed by atoms with Crippen LogP contribution in [-0.4, -0.2) is 37.1 Å². The molecule has 1 aromatic carbocycles. The Morgan fingerprint density at radius 2 is 1.92 bits per heavy atom. The zero-order valence-electron chi connectivity index (χ0n) is 13.9. The largest absolute Gasteiger partial charge is 0.466 e. The van der Waals surface area contributed by atoms with E-state index in [9.17, 15) is 9.59 Å². The quantitative estimate of drug-likeness (QED) is 0.792. The molecule has 0 saturated carbocycles. The van der Waals surface area contributed by atoms with Gasteiger partial charge in [0.25, 0.3) is 5.91 Å². The summed E-state index contributed by atoms with van der Waals surface area (Å²) < 4.78 is 4.94. The predicted molar refractivity (Wildman–Crippen MR) is 93.2 cm³/mol. The Morgan fingerprint density at radius 1 is 1.17 bits per heavy atom. The van der Waals surface area contributed by atoms with Crippen molar-refractivity contribution in [2.24, 2.45) is 0 Å². The van der Waals surface area contributed by atoms with Gasteiger partial charge < -0.3 is 10.1 Å². The third kappa shape index (κ3) is 4.55. The Morgan fingerprint density at radius 3 is 2.50 bits per heavy atom. The van der Waals surface area contributed by atoms with Crippen molar-refractivity contribution in [3.8, 4) is 0 Å². The molecule has 0 bridgehead atoms. The van der Waals surface area contributed by atoms with E-state index >= 15 is 0 Å². The summed E-state index contributed by atoms with van der Waals surface area (Å²) in [6.07, 6.45) is 1.73. The van der Waals surface area contributed by atoms with E-state index in [1.54, 1.807) is 43.5 Å². The van der Waals surface area contributed by atoms with Crippen molar-refractivity contribution in [3.63, 3.8) is 0 Å². The normalized spacial score (nSPS) is 10.1. The maximum Gasteiger partial charge on any atom is 0.307 e. The highest BCUT2D eigenvalue weighted by atomic mass is 16.5. The standard InChI is InChI=1S/C18H21N3O3/c1-3-24-17(22)11-13-21(16-6-4-5-12-20-16)18(23)14-7-9-15(19-2)10-8-14/h4-10,12,19H,3,11,13H2,1-2H3. The zero-order chi connectivity index (χ0) is 17.4. The fraction of sp³-hybridized carbons (Fsp3) is 0.278. The van der Waals surface area contributed by atoms with Gasteiger partial charge in [0.1, 0.15) is 5.82 Å². The number of anilines is 2. The molecule has 1 N–H and O–H groups in total. The molecule has 1 amide bonds. The Kier molecular flexibility index (Phi) is 6.31. The molecular formula is C18H21N3O3. The van der Waals surface area contributed by atoms with Gasteiger partial charge in [-0.15, -0.1) is 0 Å². The van der Waals surface area contributed by atoms with Gasteiger partial charge in [0, 0.05) is 31.0 Å². The molecule has 0 atom stereocenters. The topological polar surface area (TPSA) is 71.5 Å². The number of carbonyl (C=O) groups is 2. The number of pyridine rings is 1. The van der Waals surface area contributed by atoms with Crippen molar-refractivity contribution in [2.45, 2.75) is 13.3 Å². The van der Waals surface area contributed by atoms with Crippen LogP contribution < -0.4 is 10.2 Å². The number of carbonyl (C=O) groups excluding carboxylic acids is 2. The first-order chi connectivity index (χ1) is 11.7. The Labute approximate surface area is 141 Å². The summed E-state index contributed by atoms with van der Waals surface area (Å²) in [4.78, 5) is 30.2. The van der Waals surface area contributed by atoms with Crippen LogP contribution in [0.1, 0.15) is 23.7 Å². The minimum Gasteiger partial charge on any atom is -0.466 e. The summed E-state index contributed by atoms with van der Waals surface area (Å²) in [7, 11) is 1.82. The van der Waals surface area contributed by atoms with Crippen LogP contribution in [0.25, 0.3) is 0 Å². The number of hydrogen-bond donors (Lipinski definition) is 1. The van der Waals surface area contributed by atoms with Crippen LogP contribution in [0.5, 0.6) is 0 Å². The minimum atomic E-state index is -0.336. The average Bonchev–Trinajstić information content (AvgIpc) is 2.63. The maximum absolute atomic E-state index is 12.8. The van der Waals surface area contributed by atoms with Crippen molar-refractivity contribution in [1.82, 2.24) is 4.98 Å². The van der Waals surface area contributed by atoms with Crippen LogP contribution in [0.15, 0.2) is 48.7 Å². The lowest BCUT2D eigenvalue weighted by atomic mass is 10.1. The molecule has 2 rings (SSSR count). The summed E-state index contributed by atoms with van der Waals surface area (Å²) >= 11 is 0. The van der Waals surface area contributed by atoms with Gasteiger partial charge in [0.05, 0.1) is 13.0 Å². The van der Waals surface area contributed by atoms with Gasteiger partial charge in [-0.25, -0.2) is 4.98 Å². The number of nitrogens with one attached hydrogen (secondary N) is 1. The molecule has 24 heavy (non-hydrogen) atoms. The molecular weight excluding hydrogens is 306 g/mol. The van der Waals surface area contributed by atoms with Crippen molar-refractivity contribution < 1.29 is 14.3 Å². The summed E-state index contributed by atoms with van der Waals surface area (Å²) in [5.74, 6) is -0.0399. The van der Waals surface area contributed by atoms with Crippen molar-refractivity contribution >= 4 is 23.4 Å². The number of hydrogen-bond acceptors (Lipinski definition) is 5. The Balaban J connectivity index is 2.20. The molecule has 6 nitrogen and oxygen atoms in total. The fourth-order valence-corrected chi connectivity index (χ4v) is 2.21. The van der Waals surface area contributed by atoms with Crippen LogP contribution in [-0.2, 0) is 9.53 Å². The maximum atomic E-state index is 12.8. The van der Waals surface area contributed by atoms with Crippen LogP contribution in [0, 0.1) is 0 Å². The average molecular weight is 327 g/mol. The number of aromatic nitrogens is 1. The Bertz CT molecular complexity index is 672. The second-order valence-electron chi connectivity index (χ2n) is 5.03. The van der Waals surface area contributed by atoms with E-state index in [4.69, 9.17) is 4.74 Å². The Hall–Kier alpha value is -2.89. The summed E-state index contributed by atoms with van der Waals surface area (Å²) in [5.41, 5.74) is 1.45. The first kappa shape index (κ1) is 17.5. The SMILES string of the molecule is CCOC(=O)CCN(C(=O)c1ccc(NC)cc1)c1ccccn1. The fourth-order valence-electron chi connectivity index (χ4n) is 2.21. The highest BCUT2D eigenvalue weighted by Crippen LogP contribution is 2.16. The number of esters is 1. The van der Waals surface area contributed by atoms with Gasteiger partial charge >= 0.3 is 5.97 Å². The third-order valence-electron chi connectivity index (χ3n) is 3.44. The molecule has 0 radical (unpaired) electrons. The summed E-state index contributed by atoms with van der Waals surface area (Å²) in [6.45, 7) is 2.28. The molecule has 6 heteroatoms. The van der Waals surface area contributed by atoms with Gasteiger partial charge in [-0.3, -0.25) is 14.5 Å². The molecule has 0 saturated heterocycles. The van der Waals surface area contributed by atoms with Gasteiger partial charge in [0.2, 0.25) is 0 Å². The molecule has 0 aliphatic heterocycles. The molecule has 1 heterocycles. The molecule has 2 aromatic rings. The molecule has 0 spiro atoms. The van der Waals surface area contributed by atoms with Gasteiger partial charge in [0.15, 0.2) is 0 Å². The molecule has 0 fully saturated rings. The molecule has 0 aliphatic carbocycles. The highest BCUT2D eigenvalue weighted by molar-refractivity contribution is 6.06. The molecule has 0 aliphatic rings. The minimum absolute atomic E-state index is 0.116. The van der Waals surface area contributed by atoms with E-state index in [0.717, 1.165) is 5.69 Å². The molecule has 0 unspecified atom stereocenters. The van der Waals surface area contributed by atoms with Gasteiger partial charge in [-0.05, 0) is 43.3 Å². The van der Waals surface area contributed by atoms with E-state index < -0.39 is 0 Å². The number of ether oxygens (including phenoxy) is 1. The van der Waals surface area contributed by atoms with Crippen LogP contribution in [0.4, 0.5) is 11.5 Å². The number of rotatable bonds is 7. The molecule has 126 valence electrons. The van der Waals surface area contributed by atoms with Gasteiger partial charge in [-0.1, -0.05) is 6.07 Å². The van der Waals surface area contributed by atoms with E-state index in [-0.39, 0.29) is 24.8 Å². The van der Waals surface area contributed by atoms with E-state index in [1.165, 1.54) is 4.90 Å². The second kappa shape index (κ2) is 8.67. The van der Waals surface area contributed by atoms with Crippen molar-refractivity contribution in [2.75, 3.05) is 30.4 Å². The predicted octanol–water partition coefficient (Wildman–Crippen LogP) is 2.72. The smallest absolute Gasteiger partial charge is 0.307 e. The second-order valence-corrected chi connectivity index (χ2v) is 5.03. The van der Waals surface area contributed by atoms with Gasteiger partial charge in [-0.2, -0.15) is 0 Å². The van der Waals surface area contributed by atoms with Crippen LogP contribution in [0.3, 0.4) is 0 Å². The number of benzene rings is 1. The lowest BCUT2D eigenvalue weighted by Crippen LogP contribution is -2.34. The summed E-state index contributed by atoms with van der Waals surface area (Å²) in [5, 5.41) is 3.01. The third-order valence-corrected chi connectivity index (χ3v) is 3.44. The first-order valence-electron chi connectivity index (χ1n) is 7.82. The van der Waals surface area contributed by atoms with Crippen molar-refractivity contribution in [1.29, 1.82) is 0 Å².